The summed E-state index contributed by atoms with van der Waals surface area (Å²) in [6.07, 6.45) is 7.83. The topological polar surface area (TPSA) is 46.9 Å². The van der Waals surface area contributed by atoms with Gasteiger partial charge in [0.25, 0.3) is 0 Å². The predicted molar refractivity (Wildman–Crippen MR) is 98.7 cm³/mol. The van der Waals surface area contributed by atoms with E-state index in [0.717, 1.165) is 12.8 Å². The summed E-state index contributed by atoms with van der Waals surface area (Å²) in [5.41, 5.74) is 0.630. The van der Waals surface area contributed by atoms with Crippen molar-refractivity contribution in [3.05, 3.63) is 78.4 Å². The third kappa shape index (κ3) is 3.23. The van der Waals surface area contributed by atoms with Crippen molar-refractivity contribution in [2.24, 2.45) is 0 Å². The van der Waals surface area contributed by atoms with Crippen molar-refractivity contribution in [2.45, 2.75) is 31.1 Å². The van der Waals surface area contributed by atoms with Crippen molar-refractivity contribution < 1.29 is 13.6 Å². The Morgan fingerprint density at radius 2 is 1.93 bits per heavy atom. The second kappa shape index (κ2) is 6.95. The third-order valence-electron chi connectivity index (χ3n) is 5.26. The quantitative estimate of drug-likeness (QED) is 0.732. The van der Waals surface area contributed by atoms with Crippen molar-refractivity contribution in [3.8, 4) is 5.69 Å². The molecule has 1 amide bonds. The summed E-state index contributed by atoms with van der Waals surface area (Å²) in [6, 6.07) is 10.7. The van der Waals surface area contributed by atoms with Crippen LogP contribution in [0.25, 0.3) is 5.69 Å². The van der Waals surface area contributed by atoms with Crippen LogP contribution in [0.4, 0.5) is 14.5 Å². The van der Waals surface area contributed by atoms with Gasteiger partial charge in [-0.05, 0) is 48.7 Å². The van der Waals surface area contributed by atoms with Crippen LogP contribution in [-0.2, 0) is 10.2 Å². The molecule has 0 saturated heterocycles. The summed E-state index contributed by atoms with van der Waals surface area (Å²) in [5.74, 6) is -1.04. The van der Waals surface area contributed by atoms with E-state index in [1.165, 1.54) is 24.5 Å². The molecule has 1 aliphatic carbocycles. The van der Waals surface area contributed by atoms with Crippen LogP contribution in [0.5, 0.6) is 0 Å². The Morgan fingerprint density at radius 1 is 1.11 bits per heavy atom. The number of carbonyl (C=O) groups is 1. The number of hydrogen-bond donors (Lipinski definition) is 1. The van der Waals surface area contributed by atoms with Gasteiger partial charge in [-0.25, -0.2) is 13.8 Å². The largest absolute Gasteiger partial charge is 0.325 e. The highest BCUT2D eigenvalue weighted by atomic mass is 19.1. The molecule has 1 saturated carbocycles. The second-order valence-electron chi connectivity index (χ2n) is 6.89. The number of halogens is 2. The first-order chi connectivity index (χ1) is 13.1. The molecule has 0 atom stereocenters. The summed E-state index contributed by atoms with van der Waals surface area (Å²) in [5, 5.41) is 2.83. The van der Waals surface area contributed by atoms with Crippen LogP contribution in [0.1, 0.15) is 31.2 Å². The van der Waals surface area contributed by atoms with E-state index < -0.39 is 11.2 Å². The summed E-state index contributed by atoms with van der Waals surface area (Å²) in [7, 11) is 0. The number of anilines is 1. The molecule has 0 aliphatic heterocycles. The summed E-state index contributed by atoms with van der Waals surface area (Å²) >= 11 is 0. The molecule has 1 heterocycles. The minimum atomic E-state index is -0.776. The first-order valence-electron chi connectivity index (χ1n) is 8.94. The Morgan fingerprint density at radius 3 is 2.59 bits per heavy atom. The summed E-state index contributed by atoms with van der Waals surface area (Å²) < 4.78 is 29.7. The lowest BCUT2D eigenvalue weighted by Gasteiger charge is -2.28. The van der Waals surface area contributed by atoms with Gasteiger partial charge in [0.2, 0.25) is 5.91 Å². The van der Waals surface area contributed by atoms with Crippen LogP contribution >= 0.6 is 0 Å². The number of aromatic nitrogens is 2. The maximum absolute atomic E-state index is 14.5. The molecule has 0 bridgehead atoms. The number of carbonyl (C=O) groups excluding carboxylic acids is 1. The minimum Gasteiger partial charge on any atom is -0.325 e. The van der Waals surface area contributed by atoms with E-state index in [1.807, 2.05) is 0 Å². The monoisotopic (exact) mass is 367 g/mol. The van der Waals surface area contributed by atoms with Gasteiger partial charge in [-0.1, -0.05) is 25.0 Å². The Balaban J connectivity index is 1.61. The van der Waals surface area contributed by atoms with Crippen LogP contribution in [0.15, 0.2) is 61.2 Å². The molecular formula is C21H19F2N3O. The van der Waals surface area contributed by atoms with Crippen LogP contribution < -0.4 is 5.32 Å². The molecule has 2 aromatic carbocycles. The molecule has 1 N–H and O–H groups in total. The zero-order valence-electron chi connectivity index (χ0n) is 14.7. The number of amides is 1. The Kier molecular flexibility index (Phi) is 4.48. The van der Waals surface area contributed by atoms with Gasteiger partial charge in [0.1, 0.15) is 11.6 Å². The lowest BCUT2D eigenvalue weighted by Crippen LogP contribution is -2.38. The Labute approximate surface area is 155 Å². The SMILES string of the molecule is O=C(Nc1ccc(-n2ccnc2)c(F)c1)C1(c2cccc(F)c2)CCCC1. The third-order valence-corrected chi connectivity index (χ3v) is 5.26. The highest BCUT2D eigenvalue weighted by Crippen LogP contribution is 2.42. The lowest BCUT2D eigenvalue weighted by molar-refractivity contribution is -0.121. The molecule has 6 heteroatoms. The van der Waals surface area contributed by atoms with Crippen molar-refractivity contribution in [1.29, 1.82) is 0 Å². The summed E-state index contributed by atoms with van der Waals surface area (Å²) in [6.45, 7) is 0. The van der Waals surface area contributed by atoms with Gasteiger partial charge in [-0.15, -0.1) is 0 Å². The lowest BCUT2D eigenvalue weighted by atomic mass is 9.78. The fourth-order valence-electron chi connectivity index (χ4n) is 3.86. The number of nitrogens with zero attached hydrogens (tertiary/aromatic N) is 2. The fraction of sp³-hybridized carbons (Fsp3) is 0.238. The van der Waals surface area contributed by atoms with E-state index in [2.05, 4.69) is 10.3 Å². The van der Waals surface area contributed by atoms with Crippen molar-refractivity contribution in [3.63, 3.8) is 0 Å². The molecule has 0 radical (unpaired) electrons. The molecule has 4 nitrogen and oxygen atoms in total. The maximum atomic E-state index is 14.5. The summed E-state index contributed by atoms with van der Waals surface area (Å²) in [4.78, 5) is 17.0. The molecule has 1 aliphatic rings. The number of rotatable bonds is 4. The number of nitrogens with one attached hydrogen (secondary N) is 1. The van der Waals surface area contributed by atoms with Gasteiger partial charge >= 0.3 is 0 Å². The number of benzene rings is 2. The Hall–Kier alpha value is -3.02. The van der Waals surface area contributed by atoms with E-state index in [-0.39, 0.29) is 11.7 Å². The molecule has 4 rings (SSSR count). The van der Waals surface area contributed by atoms with Crippen LogP contribution in [0.3, 0.4) is 0 Å². The van der Waals surface area contributed by atoms with Gasteiger partial charge < -0.3 is 9.88 Å². The van der Waals surface area contributed by atoms with Crippen molar-refractivity contribution in [2.75, 3.05) is 5.32 Å². The fourth-order valence-corrected chi connectivity index (χ4v) is 3.86. The molecule has 138 valence electrons. The predicted octanol–water partition coefficient (Wildman–Crippen LogP) is 4.60. The standard InChI is InChI=1S/C21H19F2N3O/c22-16-5-3-4-15(12-16)21(8-1-2-9-21)20(27)25-17-6-7-19(18(23)13-17)26-11-10-24-14-26/h3-7,10-14H,1-2,8-9H2,(H,25,27). The van der Waals surface area contributed by atoms with Gasteiger partial charge in [0.05, 0.1) is 17.4 Å². The van der Waals surface area contributed by atoms with E-state index in [9.17, 15) is 13.6 Å². The molecule has 27 heavy (non-hydrogen) atoms. The van der Waals surface area contributed by atoms with E-state index in [4.69, 9.17) is 0 Å². The van der Waals surface area contributed by atoms with Crippen LogP contribution in [-0.4, -0.2) is 15.5 Å². The number of imidazole rings is 1. The molecular weight excluding hydrogens is 348 g/mol. The van der Waals surface area contributed by atoms with Crippen LogP contribution in [0.2, 0.25) is 0 Å². The molecule has 1 fully saturated rings. The van der Waals surface area contributed by atoms with Gasteiger partial charge in [-0.2, -0.15) is 0 Å². The molecule has 3 aromatic rings. The highest BCUT2D eigenvalue weighted by molar-refractivity contribution is 5.99. The zero-order chi connectivity index (χ0) is 18.9. The van der Waals surface area contributed by atoms with Gasteiger partial charge in [0, 0.05) is 18.1 Å². The Bertz CT molecular complexity index is 963. The number of hydrogen-bond acceptors (Lipinski definition) is 2. The van der Waals surface area contributed by atoms with Crippen LogP contribution in [0, 0.1) is 11.6 Å². The molecule has 0 spiro atoms. The average Bonchev–Trinajstić information content (AvgIpc) is 3.35. The second-order valence-corrected chi connectivity index (χ2v) is 6.89. The van der Waals surface area contributed by atoms with Gasteiger partial charge in [0.15, 0.2) is 0 Å². The van der Waals surface area contributed by atoms with E-state index in [0.29, 0.717) is 29.8 Å². The smallest absolute Gasteiger partial charge is 0.235 e. The average molecular weight is 367 g/mol. The molecule has 1 aromatic heterocycles. The van der Waals surface area contributed by atoms with Crippen molar-refractivity contribution in [1.82, 2.24) is 9.55 Å². The first-order valence-corrected chi connectivity index (χ1v) is 8.94. The van der Waals surface area contributed by atoms with E-state index in [1.54, 1.807) is 41.2 Å². The normalized spacial score (nSPS) is 15.6. The zero-order valence-corrected chi connectivity index (χ0v) is 14.7. The van der Waals surface area contributed by atoms with Crippen molar-refractivity contribution >= 4 is 11.6 Å². The molecule has 0 unspecified atom stereocenters. The first kappa shape index (κ1) is 17.4. The minimum absolute atomic E-state index is 0.222. The maximum Gasteiger partial charge on any atom is 0.235 e. The van der Waals surface area contributed by atoms with E-state index >= 15 is 0 Å². The highest BCUT2D eigenvalue weighted by Gasteiger charge is 2.42. The van der Waals surface area contributed by atoms with Gasteiger partial charge in [-0.3, -0.25) is 4.79 Å².